The number of thioether (sulfide) groups is 2. The number of benzene rings is 3. The molecule has 0 fully saturated rings. The first-order valence-corrected chi connectivity index (χ1v) is 10.2. The molecule has 0 heterocycles. The van der Waals surface area contributed by atoms with E-state index < -0.39 is 0 Å². The summed E-state index contributed by atoms with van der Waals surface area (Å²) in [5.74, 6) is 0. The van der Waals surface area contributed by atoms with Crippen LogP contribution in [0.15, 0.2) is 111 Å². The van der Waals surface area contributed by atoms with Gasteiger partial charge in [-0.15, -0.1) is 0 Å². The lowest BCUT2D eigenvalue weighted by molar-refractivity contribution is 1.46. The molecule has 0 saturated carbocycles. The van der Waals surface area contributed by atoms with Crippen LogP contribution < -0.4 is 0 Å². The summed E-state index contributed by atoms with van der Waals surface area (Å²) in [5, 5.41) is 3.88. The van der Waals surface area contributed by atoms with Gasteiger partial charge in [0.05, 0.1) is 5.69 Å². The summed E-state index contributed by atoms with van der Waals surface area (Å²) in [6, 6.07) is 28.2. The number of halogens is 1. The van der Waals surface area contributed by atoms with E-state index in [-0.39, 0.29) is 0 Å². The van der Waals surface area contributed by atoms with Crippen molar-refractivity contribution in [3.63, 3.8) is 0 Å². The summed E-state index contributed by atoms with van der Waals surface area (Å²) in [6.45, 7) is 2.10. The van der Waals surface area contributed by atoms with Crippen LogP contribution in [-0.4, -0.2) is 5.04 Å². The number of rotatable bonds is 5. The third-order valence-corrected chi connectivity index (χ3v) is 5.85. The Morgan fingerprint density at radius 2 is 1.42 bits per heavy atom. The molecule has 0 aromatic heterocycles. The molecule has 0 atom stereocenters. The quantitative estimate of drug-likeness (QED) is 0.247. The highest BCUT2D eigenvalue weighted by Gasteiger charge is 2.06. The van der Waals surface area contributed by atoms with E-state index in [4.69, 9.17) is 16.6 Å². The monoisotopic (exact) mass is 395 g/mol. The van der Waals surface area contributed by atoms with Crippen LogP contribution in [0.3, 0.4) is 0 Å². The van der Waals surface area contributed by atoms with Gasteiger partial charge in [-0.3, -0.25) is 0 Å². The van der Waals surface area contributed by atoms with Crippen molar-refractivity contribution >= 4 is 45.9 Å². The highest BCUT2D eigenvalue weighted by molar-refractivity contribution is 8.14. The second-order valence-corrected chi connectivity index (χ2v) is 7.98. The summed E-state index contributed by atoms with van der Waals surface area (Å²) < 4.78 is 0. The van der Waals surface area contributed by atoms with Gasteiger partial charge >= 0.3 is 0 Å². The van der Waals surface area contributed by atoms with Crippen LogP contribution in [0.4, 0.5) is 5.69 Å². The summed E-state index contributed by atoms with van der Waals surface area (Å²) in [7, 11) is 0. The minimum absolute atomic E-state index is 0.751. The Bertz CT molecular complexity index is 888. The Kier molecular flexibility index (Phi) is 7.01. The summed E-state index contributed by atoms with van der Waals surface area (Å²) in [6.07, 6.45) is 0. The zero-order chi connectivity index (χ0) is 18.2. The molecule has 26 heavy (non-hydrogen) atoms. The molecular weight excluding hydrogens is 378 g/mol. The highest BCUT2D eigenvalue weighted by atomic mass is 35.5. The van der Waals surface area contributed by atoms with Crippen LogP contribution in [-0.2, 0) is 0 Å². The summed E-state index contributed by atoms with van der Waals surface area (Å²) in [4.78, 5) is 7.18. The largest absolute Gasteiger partial charge is 0.241 e. The van der Waals surface area contributed by atoms with E-state index in [1.54, 1.807) is 23.5 Å². The lowest BCUT2D eigenvalue weighted by Gasteiger charge is -2.08. The van der Waals surface area contributed by atoms with Gasteiger partial charge in [0.25, 0.3) is 0 Å². The predicted octanol–water partition coefficient (Wildman–Crippen LogP) is 7.86. The van der Waals surface area contributed by atoms with Gasteiger partial charge in [0.15, 0.2) is 0 Å². The van der Waals surface area contributed by atoms with Crippen molar-refractivity contribution in [3.8, 4) is 0 Å². The van der Waals surface area contributed by atoms with Crippen LogP contribution in [0.25, 0.3) is 0 Å². The van der Waals surface area contributed by atoms with Crippen LogP contribution >= 0.6 is 35.1 Å². The first kappa shape index (κ1) is 18.8. The second kappa shape index (κ2) is 9.67. The van der Waals surface area contributed by atoms with Crippen molar-refractivity contribution < 1.29 is 0 Å². The normalized spacial score (nSPS) is 12.2. The smallest absolute Gasteiger partial charge is 0.105 e. The number of nitrogens with zero attached hydrogens (tertiary/aromatic N) is 1. The van der Waals surface area contributed by atoms with E-state index in [2.05, 4.69) is 24.5 Å². The third-order valence-electron chi connectivity index (χ3n) is 3.47. The molecule has 3 rings (SSSR count). The Morgan fingerprint density at radius 3 is 2.08 bits per heavy atom. The van der Waals surface area contributed by atoms with Gasteiger partial charge in [-0.05, 0) is 66.4 Å². The Balaban J connectivity index is 1.85. The average molecular weight is 396 g/mol. The molecule has 0 aliphatic heterocycles. The molecule has 4 heteroatoms. The number of para-hydroxylation sites is 1. The molecule has 0 radical (unpaired) electrons. The fourth-order valence-electron chi connectivity index (χ4n) is 2.13. The maximum atomic E-state index is 5.96. The van der Waals surface area contributed by atoms with Gasteiger partial charge in [-0.2, -0.15) is 0 Å². The predicted molar refractivity (Wildman–Crippen MR) is 117 cm³/mol. The minimum Gasteiger partial charge on any atom is -0.241 e. The molecule has 0 amide bonds. The van der Waals surface area contributed by atoms with Crippen molar-refractivity contribution in [1.82, 2.24) is 0 Å². The van der Waals surface area contributed by atoms with Gasteiger partial charge in [0.1, 0.15) is 5.04 Å². The van der Waals surface area contributed by atoms with E-state index in [1.165, 1.54) is 4.90 Å². The van der Waals surface area contributed by atoms with Crippen molar-refractivity contribution in [2.75, 3.05) is 0 Å². The van der Waals surface area contributed by atoms with E-state index in [1.807, 2.05) is 72.8 Å². The highest BCUT2D eigenvalue weighted by Crippen LogP contribution is 2.29. The molecule has 0 N–H and O–H groups in total. The van der Waals surface area contributed by atoms with E-state index in [9.17, 15) is 0 Å². The minimum atomic E-state index is 0.751. The van der Waals surface area contributed by atoms with Crippen LogP contribution in [0.5, 0.6) is 0 Å². The lowest BCUT2D eigenvalue weighted by atomic mass is 10.3. The average Bonchev–Trinajstić information content (AvgIpc) is 2.68. The molecular formula is C22H18ClNS2. The molecule has 0 aliphatic rings. The van der Waals surface area contributed by atoms with E-state index in [0.29, 0.717) is 0 Å². The summed E-state index contributed by atoms with van der Waals surface area (Å²) in [5.41, 5.74) is 2.08. The first-order valence-electron chi connectivity index (χ1n) is 8.17. The Morgan fingerprint density at radius 1 is 0.808 bits per heavy atom. The van der Waals surface area contributed by atoms with E-state index in [0.717, 1.165) is 26.2 Å². The number of aliphatic imine (C=N–C) groups is 1. The molecule has 130 valence electrons. The number of hydrogen-bond acceptors (Lipinski definition) is 3. The molecule has 0 bridgehead atoms. The van der Waals surface area contributed by atoms with Crippen molar-refractivity contribution in [2.45, 2.75) is 16.7 Å². The van der Waals surface area contributed by atoms with Crippen molar-refractivity contribution in [2.24, 2.45) is 4.99 Å². The standard InChI is InChI=1S/C22H18ClNS2/c1-17(16-25-20-14-12-18(23)13-15-20)22(24-19-8-4-2-5-9-19)26-21-10-6-3-7-11-21/h2-16H,1H3/b17-16?,24-22+. The molecule has 1 nitrogen and oxygen atoms in total. The summed E-state index contributed by atoms with van der Waals surface area (Å²) >= 11 is 9.31. The van der Waals surface area contributed by atoms with Crippen LogP contribution in [0, 0.1) is 0 Å². The number of hydrogen-bond donors (Lipinski definition) is 0. The Labute approximate surface area is 168 Å². The Hall–Kier alpha value is -1.94. The third kappa shape index (κ3) is 5.80. The molecule has 3 aromatic rings. The van der Waals surface area contributed by atoms with Gasteiger partial charge in [-0.25, -0.2) is 4.99 Å². The van der Waals surface area contributed by atoms with Gasteiger partial charge < -0.3 is 0 Å². The fraction of sp³-hybridized carbons (Fsp3) is 0.0455. The van der Waals surface area contributed by atoms with Gasteiger partial charge in [0.2, 0.25) is 0 Å². The zero-order valence-corrected chi connectivity index (χ0v) is 16.7. The van der Waals surface area contributed by atoms with E-state index >= 15 is 0 Å². The second-order valence-electron chi connectivity index (χ2n) is 5.54. The van der Waals surface area contributed by atoms with Crippen molar-refractivity contribution in [3.05, 3.63) is 101 Å². The van der Waals surface area contributed by atoms with Crippen molar-refractivity contribution in [1.29, 1.82) is 0 Å². The topological polar surface area (TPSA) is 12.4 Å². The van der Waals surface area contributed by atoms with Crippen LogP contribution in [0.2, 0.25) is 5.02 Å². The van der Waals surface area contributed by atoms with Crippen LogP contribution in [0.1, 0.15) is 6.92 Å². The molecule has 0 aliphatic carbocycles. The zero-order valence-electron chi connectivity index (χ0n) is 14.3. The molecule has 0 spiro atoms. The molecule has 0 saturated heterocycles. The SMILES string of the molecule is CC(=CSc1ccc(Cl)cc1)/C(=N\c1ccccc1)Sc1ccccc1. The van der Waals surface area contributed by atoms with Gasteiger partial charge in [0, 0.05) is 14.8 Å². The fourth-order valence-corrected chi connectivity index (χ4v) is 3.94. The first-order chi connectivity index (χ1) is 12.7. The van der Waals surface area contributed by atoms with Gasteiger partial charge in [-0.1, -0.05) is 71.5 Å². The maximum absolute atomic E-state index is 5.96. The lowest BCUT2D eigenvalue weighted by Crippen LogP contribution is -1.94. The maximum Gasteiger partial charge on any atom is 0.105 e. The molecule has 0 unspecified atom stereocenters. The molecule has 3 aromatic carbocycles.